The first kappa shape index (κ1) is 7.98. The van der Waals surface area contributed by atoms with Gasteiger partial charge in [0.15, 0.2) is 0 Å². The predicted molar refractivity (Wildman–Crippen MR) is 38.5 cm³/mol. The molecule has 1 saturated carbocycles. The molecule has 4 N–H and O–H groups in total. The van der Waals surface area contributed by atoms with E-state index >= 15 is 0 Å². The second-order valence-electron chi connectivity index (χ2n) is 3.01. The molecule has 1 aliphatic rings. The van der Waals surface area contributed by atoms with Gasteiger partial charge in [-0.1, -0.05) is 12.8 Å². The lowest BCUT2D eigenvalue weighted by Crippen LogP contribution is -2.41. The minimum absolute atomic E-state index is 0.225. The van der Waals surface area contributed by atoms with Crippen molar-refractivity contribution in [1.82, 2.24) is 0 Å². The summed E-state index contributed by atoms with van der Waals surface area (Å²) in [5.74, 6) is 0. The van der Waals surface area contributed by atoms with E-state index in [2.05, 4.69) is 0 Å². The van der Waals surface area contributed by atoms with E-state index in [0.717, 1.165) is 19.3 Å². The van der Waals surface area contributed by atoms with E-state index in [1.54, 1.807) is 0 Å². The standard InChI is InChI=1S/C7H15NO2/c8-5-3-1-2-4-6(9)7(5)10/h5-7,9-10H,1-4,8H2/t5-,6-,7-/m1/s1. The minimum atomic E-state index is -0.706. The Hall–Kier alpha value is -0.120. The molecule has 60 valence electrons. The Balaban J connectivity index is 2.46. The van der Waals surface area contributed by atoms with Crippen LogP contribution in [0.3, 0.4) is 0 Å². The molecule has 0 aromatic rings. The van der Waals surface area contributed by atoms with E-state index in [0.29, 0.717) is 6.42 Å². The van der Waals surface area contributed by atoms with Crippen LogP contribution in [0.15, 0.2) is 0 Å². The van der Waals surface area contributed by atoms with Crippen LogP contribution in [-0.4, -0.2) is 28.5 Å². The van der Waals surface area contributed by atoms with Crippen molar-refractivity contribution < 1.29 is 10.2 Å². The first-order chi connectivity index (χ1) is 4.72. The number of aliphatic hydroxyl groups is 2. The van der Waals surface area contributed by atoms with Crippen LogP contribution in [0.5, 0.6) is 0 Å². The summed E-state index contributed by atoms with van der Waals surface area (Å²) in [6.45, 7) is 0. The SMILES string of the molecule is N[C@@H]1CCCC[C@@H](O)[C@@H]1O. The molecule has 0 spiro atoms. The zero-order valence-corrected chi connectivity index (χ0v) is 6.03. The second-order valence-corrected chi connectivity index (χ2v) is 3.01. The van der Waals surface area contributed by atoms with Crippen LogP contribution in [0.25, 0.3) is 0 Å². The van der Waals surface area contributed by atoms with Gasteiger partial charge in [0, 0.05) is 6.04 Å². The molecule has 1 aliphatic carbocycles. The largest absolute Gasteiger partial charge is 0.390 e. The van der Waals surface area contributed by atoms with Gasteiger partial charge < -0.3 is 15.9 Å². The van der Waals surface area contributed by atoms with Crippen molar-refractivity contribution in [3.8, 4) is 0 Å². The third-order valence-corrected chi connectivity index (χ3v) is 2.12. The van der Waals surface area contributed by atoms with Gasteiger partial charge in [0.05, 0.1) is 12.2 Å². The van der Waals surface area contributed by atoms with Crippen molar-refractivity contribution in [1.29, 1.82) is 0 Å². The van der Waals surface area contributed by atoms with Gasteiger partial charge in [0.25, 0.3) is 0 Å². The van der Waals surface area contributed by atoms with E-state index in [-0.39, 0.29) is 6.04 Å². The van der Waals surface area contributed by atoms with Gasteiger partial charge in [-0.25, -0.2) is 0 Å². The molecular weight excluding hydrogens is 130 g/mol. The quantitative estimate of drug-likeness (QED) is 0.407. The van der Waals surface area contributed by atoms with Crippen LogP contribution in [-0.2, 0) is 0 Å². The molecule has 0 radical (unpaired) electrons. The Morgan fingerprint density at radius 1 is 1.10 bits per heavy atom. The van der Waals surface area contributed by atoms with Crippen molar-refractivity contribution in [3.63, 3.8) is 0 Å². The molecule has 10 heavy (non-hydrogen) atoms. The lowest BCUT2D eigenvalue weighted by molar-refractivity contribution is 0.00575. The summed E-state index contributed by atoms with van der Waals surface area (Å²) in [6.07, 6.45) is 2.22. The minimum Gasteiger partial charge on any atom is -0.390 e. The van der Waals surface area contributed by atoms with E-state index in [1.807, 2.05) is 0 Å². The number of hydrogen-bond acceptors (Lipinski definition) is 3. The molecule has 0 unspecified atom stereocenters. The van der Waals surface area contributed by atoms with Gasteiger partial charge in [-0.05, 0) is 12.8 Å². The number of hydrogen-bond donors (Lipinski definition) is 3. The lowest BCUT2D eigenvalue weighted by Gasteiger charge is -2.19. The average Bonchev–Trinajstić information content (AvgIpc) is 2.04. The highest BCUT2D eigenvalue weighted by Crippen LogP contribution is 2.16. The maximum Gasteiger partial charge on any atom is 0.0949 e. The van der Waals surface area contributed by atoms with E-state index in [9.17, 15) is 10.2 Å². The normalized spacial score (nSPS) is 42.9. The van der Waals surface area contributed by atoms with Gasteiger partial charge in [-0.15, -0.1) is 0 Å². The Kier molecular flexibility index (Phi) is 2.65. The third-order valence-electron chi connectivity index (χ3n) is 2.12. The highest BCUT2D eigenvalue weighted by molar-refractivity contribution is 4.81. The van der Waals surface area contributed by atoms with Gasteiger partial charge in [-0.2, -0.15) is 0 Å². The fourth-order valence-corrected chi connectivity index (χ4v) is 1.36. The molecule has 3 nitrogen and oxygen atoms in total. The summed E-state index contributed by atoms with van der Waals surface area (Å²) in [5.41, 5.74) is 5.56. The van der Waals surface area contributed by atoms with Crippen molar-refractivity contribution >= 4 is 0 Å². The topological polar surface area (TPSA) is 66.5 Å². The molecule has 0 bridgehead atoms. The molecule has 0 aliphatic heterocycles. The fraction of sp³-hybridized carbons (Fsp3) is 1.00. The summed E-state index contributed by atoms with van der Waals surface area (Å²) in [4.78, 5) is 0. The second kappa shape index (κ2) is 3.32. The van der Waals surface area contributed by atoms with Gasteiger partial charge in [0.1, 0.15) is 0 Å². The van der Waals surface area contributed by atoms with Crippen molar-refractivity contribution in [3.05, 3.63) is 0 Å². The van der Waals surface area contributed by atoms with Gasteiger partial charge >= 0.3 is 0 Å². The number of aliphatic hydroxyl groups excluding tert-OH is 2. The molecule has 0 saturated heterocycles. The Labute approximate surface area is 60.9 Å². The Morgan fingerprint density at radius 2 is 1.70 bits per heavy atom. The van der Waals surface area contributed by atoms with Crippen molar-refractivity contribution in [2.24, 2.45) is 5.73 Å². The Bertz CT molecular complexity index is 95.8. The first-order valence-electron chi connectivity index (χ1n) is 3.83. The molecule has 3 atom stereocenters. The Morgan fingerprint density at radius 3 is 2.40 bits per heavy atom. The molecule has 0 heterocycles. The highest BCUT2D eigenvalue weighted by atomic mass is 16.3. The van der Waals surface area contributed by atoms with Crippen LogP contribution in [0, 0.1) is 0 Å². The summed E-state index contributed by atoms with van der Waals surface area (Å²) >= 11 is 0. The van der Waals surface area contributed by atoms with E-state index in [1.165, 1.54) is 0 Å². The molecule has 1 fully saturated rings. The molecule has 0 aromatic heterocycles. The summed E-state index contributed by atoms with van der Waals surface area (Å²) < 4.78 is 0. The van der Waals surface area contributed by atoms with E-state index < -0.39 is 12.2 Å². The summed E-state index contributed by atoms with van der Waals surface area (Å²) in [7, 11) is 0. The number of rotatable bonds is 0. The third kappa shape index (κ3) is 1.68. The molecule has 0 aromatic carbocycles. The average molecular weight is 145 g/mol. The fourth-order valence-electron chi connectivity index (χ4n) is 1.36. The van der Waals surface area contributed by atoms with E-state index in [4.69, 9.17) is 5.73 Å². The predicted octanol–water partition coefficient (Wildman–Crippen LogP) is -0.391. The van der Waals surface area contributed by atoms with Crippen molar-refractivity contribution in [2.75, 3.05) is 0 Å². The zero-order chi connectivity index (χ0) is 7.56. The maximum atomic E-state index is 9.25. The highest BCUT2D eigenvalue weighted by Gasteiger charge is 2.25. The molecule has 3 heteroatoms. The smallest absolute Gasteiger partial charge is 0.0949 e. The summed E-state index contributed by atoms with van der Waals surface area (Å²) in [6, 6.07) is -0.225. The van der Waals surface area contributed by atoms with Crippen molar-refractivity contribution in [2.45, 2.75) is 43.9 Å². The molecule has 0 amide bonds. The van der Waals surface area contributed by atoms with Crippen LogP contribution in [0.1, 0.15) is 25.7 Å². The van der Waals surface area contributed by atoms with Crippen LogP contribution >= 0.6 is 0 Å². The zero-order valence-electron chi connectivity index (χ0n) is 6.03. The van der Waals surface area contributed by atoms with Crippen LogP contribution < -0.4 is 5.73 Å². The maximum absolute atomic E-state index is 9.25. The molecule has 1 rings (SSSR count). The lowest BCUT2D eigenvalue weighted by atomic mass is 10.1. The summed E-state index contributed by atoms with van der Waals surface area (Å²) in [5, 5.41) is 18.4. The monoisotopic (exact) mass is 145 g/mol. The van der Waals surface area contributed by atoms with Crippen LogP contribution in [0.4, 0.5) is 0 Å². The van der Waals surface area contributed by atoms with Gasteiger partial charge in [-0.3, -0.25) is 0 Å². The van der Waals surface area contributed by atoms with Gasteiger partial charge in [0.2, 0.25) is 0 Å². The van der Waals surface area contributed by atoms with Crippen LogP contribution in [0.2, 0.25) is 0 Å². The first-order valence-corrected chi connectivity index (χ1v) is 3.83. The molecular formula is C7H15NO2. The number of nitrogens with two attached hydrogens (primary N) is 1.